The van der Waals surface area contributed by atoms with Crippen molar-refractivity contribution >= 4 is 27.6 Å². The highest BCUT2D eigenvalue weighted by atomic mass is 35.5. The molecule has 0 saturated carbocycles. The number of hydrogen-bond donors (Lipinski definition) is 2. The second-order valence-corrected chi connectivity index (χ2v) is 6.12. The van der Waals surface area contributed by atoms with E-state index in [2.05, 4.69) is 4.72 Å². The van der Waals surface area contributed by atoms with Crippen molar-refractivity contribution < 1.29 is 18.3 Å². The fourth-order valence-electron chi connectivity index (χ4n) is 1.61. The van der Waals surface area contributed by atoms with Crippen LogP contribution in [0.3, 0.4) is 0 Å². The number of carboxylic acids is 1. The maximum Gasteiger partial charge on any atom is 0.321 e. The molecule has 0 aromatic heterocycles. The van der Waals surface area contributed by atoms with Gasteiger partial charge in [-0.15, -0.1) is 0 Å². The molecule has 1 unspecified atom stereocenters. The fourth-order valence-corrected chi connectivity index (χ4v) is 3.28. The Hall–Kier alpha value is -1.62. The number of nitrogens with one attached hydrogen (secondary N) is 1. The van der Waals surface area contributed by atoms with Gasteiger partial charge in [0.15, 0.2) is 0 Å². The summed E-state index contributed by atoms with van der Waals surface area (Å²) in [6, 6.07) is 4.44. The van der Waals surface area contributed by atoms with Crippen LogP contribution in [0.5, 0.6) is 0 Å². The van der Waals surface area contributed by atoms with E-state index in [1.807, 2.05) is 0 Å². The van der Waals surface area contributed by atoms with Crippen LogP contribution in [0.2, 0.25) is 5.02 Å². The molecule has 0 fully saturated rings. The van der Waals surface area contributed by atoms with Gasteiger partial charge in [-0.05, 0) is 18.6 Å². The zero-order chi connectivity index (χ0) is 15.3. The van der Waals surface area contributed by atoms with Crippen molar-refractivity contribution in [2.75, 3.05) is 0 Å². The zero-order valence-electron chi connectivity index (χ0n) is 10.6. The molecule has 0 aliphatic carbocycles. The lowest BCUT2D eigenvalue weighted by Gasteiger charge is -2.14. The Morgan fingerprint density at radius 3 is 2.70 bits per heavy atom. The van der Waals surface area contributed by atoms with Gasteiger partial charge in [0, 0.05) is 0 Å². The van der Waals surface area contributed by atoms with Gasteiger partial charge in [0.05, 0.1) is 10.6 Å². The predicted molar refractivity (Wildman–Crippen MR) is 72.8 cm³/mol. The van der Waals surface area contributed by atoms with Crippen LogP contribution < -0.4 is 4.72 Å². The first-order chi connectivity index (χ1) is 9.33. The fraction of sp³-hybridized carbons (Fsp3) is 0.333. The highest BCUT2D eigenvalue weighted by Crippen LogP contribution is 2.23. The van der Waals surface area contributed by atoms with Crippen LogP contribution in [0, 0.1) is 11.3 Å². The molecule has 0 aliphatic rings. The Morgan fingerprint density at radius 1 is 1.55 bits per heavy atom. The van der Waals surface area contributed by atoms with Gasteiger partial charge < -0.3 is 5.11 Å². The second-order valence-electron chi connectivity index (χ2n) is 4.03. The standard InChI is InChI=1S/C12H13ClN2O4S/c1-2-4-10(12(16)17)15-20(18,19)11-6-3-5-9(13)8(11)7-14/h3,5-6,10,15H,2,4H2,1H3,(H,16,17). The third kappa shape index (κ3) is 3.70. The van der Waals surface area contributed by atoms with Gasteiger partial charge in [-0.2, -0.15) is 9.98 Å². The highest BCUT2D eigenvalue weighted by molar-refractivity contribution is 7.89. The molecule has 1 aromatic carbocycles. The lowest BCUT2D eigenvalue weighted by atomic mass is 10.2. The van der Waals surface area contributed by atoms with E-state index in [4.69, 9.17) is 22.0 Å². The summed E-state index contributed by atoms with van der Waals surface area (Å²) in [5.41, 5.74) is -0.206. The molecule has 0 bridgehead atoms. The van der Waals surface area contributed by atoms with Crippen LogP contribution >= 0.6 is 11.6 Å². The monoisotopic (exact) mass is 316 g/mol. The predicted octanol–water partition coefficient (Wildman–Crippen LogP) is 1.74. The smallest absolute Gasteiger partial charge is 0.321 e. The molecule has 0 saturated heterocycles. The quantitative estimate of drug-likeness (QED) is 0.831. The SMILES string of the molecule is CCCC(NS(=O)(=O)c1cccc(Cl)c1C#N)C(=O)O. The van der Waals surface area contributed by atoms with Crippen LogP contribution in [0.15, 0.2) is 23.1 Å². The average Bonchev–Trinajstić information content (AvgIpc) is 2.37. The molecular weight excluding hydrogens is 304 g/mol. The van der Waals surface area contributed by atoms with Crippen molar-refractivity contribution in [3.05, 3.63) is 28.8 Å². The Balaban J connectivity index is 3.21. The van der Waals surface area contributed by atoms with E-state index in [1.165, 1.54) is 18.2 Å². The van der Waals surface area contributed by atoms with Gasteiger partial charge in [-0.1, -0.05) is 31.0 Å². The van der Waals surface area contributed by atoms with Crippen molar-refractivity contribution in [1.29, 1.82) is 5.26 Å². The van der Waals surface area contributed by atoms with Crippen LogP contribution in [0.25, 0.3) is 0 Å². The van der Waals surface area contributed by atoms with Gasteiger partial charge in [-0.3, -0.25) is 4.79 Å². The summed E-state index contributed by atoms with van der Waals surface area (Å²) in [4.78, 5) is 10.7. The Kier molecular flexibility index (Phi) is 5.51. The zero-order valence-corrected chi connectivity index (χ0v) is 12.2. The highest BCUT2D eigenvalue weighted by Gasteiger charge is 2.27. The lowest BCUT2D eigenvalue weighted by Crippen LogP contribution is -2.40. The molecule has 6 nitrogen and oxygen atoms in total. The molecule has 0 radical (unpaired) electrons. The van der Waals surface area contributed by atoms with Gasteiger partial charge in [0.2, 0.25) is 10.0 Å². The average molecular weight is 317 g/mol. The number of carbonyl (C=O) groups is 1. The molecule has 108 valence electrons. The van der Waals surface area contributed by atoms with E-state index in [-0.39, 0.29) is 21.9 Å². The Labute approximate surface area is 122 Å². The van der Waals surface area contributed by atoms with Crippen molar-refractivity contribution in [1.82, 2.24) is 4.72 Å². The van der Waals surface area contributed by atoms with E-state index in [9.17, 15) is 13.2 Å². The number of nitrogens with zero attached hydrogens (tertiary/aromatic N) is 1. The molecule has 0 heterocycles. The molecule has 8 heteroatoms. The largest absolute Gasteiger partial charge is 0.480 e. The van der Waals surface area contributed by atoms with Gasteiger partial charge >= 0.3 is 5.97 Å². The van der Waals surface area contributed by atoms with Crippen molar-refractivity contribution in [3.8, 4) is 6.07 Å². The summed E-state index contributed by atoms with van der Waals surface area (Å²) < 4.78 is 26.4. The number of nitriles is 1. The molecule has 0 aliphatic heterocycles. The molecule has 0 spiro atoms. The minimum absolute atomic E-state index is 0.00209. The van der Waals surface area contributed by atoms with Crippen molar-refractivity contribution in [2.24, 2.45) is 0 Å². The number of aliphatic carboxylic acids is 1. The van der Waals surface area contributed by atoms with Crippen LogP contribution in [-0.2, 0) is 14.8 Å². The van der Waals surface area contributed by atoms with E-state index in [0.29, 0.717) is 6.42 Å². The number of sulfonamides is 1. The summed E-state index contributed by atoms with van der Waals surface area (Å²) in [6.07, 6.45) is 0.650. The molecule has 20 heavy (non-hydrogen) atoms. The maximum absolute atomic E-state index is 12.2. The summed E-state index contributed by atoms with van der Waals surface area (Å²) in [6.45, 7) is 1.74. The summed E-state index contributed by atoms with van der Waals surface area (Å²) in [5.74, 6) is -1.27. The third-order valence-electron chi connectivity index (χ3n) is 2.55. The number of rotatable bonds is 6. The van der Waals surface area contributed by atoms with Gasteiger partial charge in [-0.25, -0.2) is 8.42 Å². The minimum atomic E-state index is -4.13. The molecule has 1 rings (SSSR count). The third-order valence-corrected chi connectivity index (χ3v) is 4.38. The maximum atomic E-state index is 12.2. The number of benzene rings is 1. The van der Waals surface area contributed by atoms with E-state index >= 15 is 0 Å². The van der Waals surface area contributed by atoms with Crippen LogP contribution in [0.1, 0.15) is 25.3 Å². The van der Waals surface area contributed by atoms with E-state index < -0.39 is 22.0 Å². The topological polar surface area (TPSA) is 107 Å². The number of carboxylic acid groups (broad SMARTS) is 1. The van der Waals surface area contributed by atoms with Crippen molar-refractivity contribution in [3.63, 3.8) is 0 Å². The Bertz CT molecular complexity index is 652. The first kappa shape index (κ1) is 16.4. The van der Waals surface area contributed by atoms with Crippen molar-refractivity contribution in [2.45, 2.75) is 30.7 Å². The van der Waals surface area contributed by atoms with E-state index in [1.54, 1.807) is 13.0 Å². The number of hydrogen-bond acceptors (Lipinski definition) is 4. The molecular formula is C12H13ClN2O4S. The summed E-state index contributed by atoms with van der Waals surface area (Å²) in [5, 5.41) is 17.9. The van der Waals surface area contributed by atoms with Crippen LogP contribution in [0.4, 0.5) is 0 Å². The van der Waals surface area contributed by atoms with Gasteiger partial charge in [0.25, 0.3) is 0 Å². The summed E-state index contributed by atoms with van der Waals surface area (Å²) in [7, 11) is -4.13. The molecule has 1 atom stereocenters. The second kappa shape index (κ2) is 6.70. The number of halogens is 1. The van der Waals surface area contributed by atoms with Gasteiger partial charge in [0.1, 0.15) is 17.0 Å². The van der Waals surface area contributed by atoms with Crippen LogP contribution in [-0.4, -0.2) is 25.5 Å². The lowest BCUT2D eigenvalue weighted by molar-refractivity contribution is -0.139. The first-order valence-corrected chi connectivity index (χ1v) is 7.63. The molecule has 2 N–H and O–H groups in total. The minimum Gasteiger partial charge on any atom is -0.480 e. The molecule has 1 aromatic rings. The summed E-state index contributed by atoms with van der Waals surface area (Å²) >= 11 is 5.76. The molecule has 0 amide bonds. The van der Waals surface area contributed by atoms with E-state index in [0.717, 1.165) is 0 Å². The normalized spacial score (nSPS) is 12.7. The Morgan fingerprint density at radius 2 is 2.20 bits per heavy atom. The first-order valence-electron chi connectivity index (χ1n) is 5.77.